The number of benzene rings is 2. The van der Waals surface area contributed by atoms with Gasteiger partial charge < -0.3 is 4.57 Å². The number of para-hydroxylation sites is 1. The van der Waals surface area contributed by atoms with Crippen LogP contribution in [0.1, 0.15) is 11.3 Å². The number of anilines is 1. The molecule has 30 heavy (non-hydrogen) atoms. The number of thioether (sulfide) groups is 1. The van der Waals surface area contributed by atoms with Crippen LogP contribution in [-0.2, 0) is 11.3 Å². The highest BCUT2D eigenvalue weighted by molar-refractivity contribution is 8.27. The molecule has 0 radical (unpaired) electrons. The first-order chi connectivity index (χ1) is 14.4. The quantitative estimate of drug-likeness (QED) is 0.220. The second-order valence-corrected chi connectivity index (χ2v) is 8.55. The highest BCUT2D eigenvalue weighted by atomic mass is 35.5. The molecule has 9 heteroatoms. The molecule has 0 saturated carbocycles. The van der Waals surface area contributed by atoms with Crippen LogP contribution in [0.5, 0.6) is 0 Å². The summed E-state index contributed by atoms with van der Waals surface area (Å²) < 4.78 is 2.29. The topological polar surface area (TPSA) is 68.4 Å². The van der Waals surface area contributed by atoms with Crippen LogP contribution >= 0.6 is 35.6 Å². The first-order valence-corrected chi connectivity index (χ1v) is 10.5. The minimum Gasteiger partial charge on any atom is -0.343 e. The van der Waals surface area contributed by atoms with E-state index < -0.39 is 4.92 Å². The van der Waals surface area contributed by atoms with Crippen molar-refractivity contribution in [3.05, 3.63) is 98.2 Å². The Morgan fingerprint density at radius 3 is 2.57 bits per heavy atom. The molecule has 1 aliphatic heterocycles. The molecular formula is C21H14ClN3O3S2. The van der Waals surface area contributed by atoms with Crippen molar-refractivity contribution < 1.29 is 9.72 Å². The number of carbonyl (C=O) groups excluding carboxylic acids is 1. The lowest BCUT2D eigenvalue weighted by molar-refractivity contribution is -0.385. The van der Waals surface area contributed by atoms with E-state index in [9.17, 15) is 14.9 Å². The molecule has 1 amide bonds. The Labute approximate surface area is 186 Å². The van der Waals surface area contributed by atoms with E-state index in [0.717, 1.165) is 5.69 Å². The van der Waals surface area contributed by atoms with Crippen LogP contribution in [0.15, 0.2) is 71.8 Å². The number of amides is 1. The predicted octanol–water partition coefficient (Wildman–Crippen LogP) is 5.50. The van der Waals surface area contributed by atoms with Gasteiger partial charge in [-0.05, 0) is 42.5 Å². The van der Waals surface area contributed by atoms with Crippen LogP contribution < -0.4 is 4.90 Å². The van der Waals surface area contributed by atoms with Gasteiger partial charge in [-0.15, -0.1) is 0 Å². The lowest BCUT2D eigenvalue weighted by Gasteiger charge is -2.14. The smallest absolute Gasteiger partial charge is 0.274 e. The highest BCUT2D eigenvalue weighted by Crippen LogP contribution is 2.36. The first kappa shape index (κ1) is 20.3. The average Bonchev–Trinajstić information content (AvgIpc) is 3.27. The Bertz CT molecular complexity index is 1190. The number of carbonyl (C=O) groups is 1. The second-order valence-electron chi connectivity index (χ2n) is 6.44. The summed E-state index contributed by atoms with van der Waals surface area (Å²) in [5, 5.41) is 11.9. The number of nitro benzene ring substituents is 1. The Morgan fingerprint density at radius 2 is 1.83 bits per heavy atom. The number of halogens is 1. The van der Waals surface area contributed by atoms with E-state index in [1.807, 2.05) is 22.9 Å². The van der Waals surface area contributed by atoms with Gasteiger partial charge in [0.25, 0.3) is 11.6 Å². The Kier molecular flexibility index (Phi) is 5.72. The maximum absolute atomic E-state index is 13.0. The monoisotopic (exact) mass is 455 g/mol. The van der Waals surface area contributed by atoms with Crippen molar-refractivity contribution in [3.63, 3.8) is 0 Å². The largest absolute Gasteiger partial charge is 0.343 e. The summed E-state index contributed by atoms with van der Waals surface area (Å²) in [6.45, 7) is 0.313. The SMILES string of the molecule is O=C1C(=Cc2cccn2Cc2ccccc2[N+](=O)[O-])SC(=S)N1c1ccc(Cl)cc1. The van der Waals surface area contributed by atoms with Gasteiger partial charge in [0.2, 0.25) is 0 Å². The number of nitro groups is 1. The molecule has 1 aromatic heterocycles. The molecule has 0 unspecified atom stereocenters. The molecule has 6 nitrogen and oxygen atoms in total. The number of hydrogen-bond acceptors (Lipinski definition) is 5. The van der Waals surface area contributed by atoms with Crippen LogP contribution in [-0.4, -0.2) is 19.7 Å². The second kappa shape index (κ2) is 8.43. The van der Waals surface area contributed by atoms with Crippen molar-refractivity contribution in [2.75, 3.05) is 4.90 Å². The van der Waals surface area contributed by atoms with E-state index in [0.29, 0.717) is 32.0 Å². The molecule has 3 aromatic rings. The van der Waals surface area contributed by atoms with E-state index in [2.05, 4.69) is 0 Å². The van der Waals surface area contributed by atoms with Crippen molar-refractivity contribution in [1.29, 1.82) is 0 Å². The van der Waals surface area contributed by atoms with Crippen molar-refractivity contribution in [1.82, 2.24) is 4.57 Å². The number of aromatic nitrogens is 1. The molecule has 1 fully saturated rings. The molecule has 0 atom stereocenters. The predicted molar refractivity (Wildman–Crippen MR) is 124 cm³/mol. The third kappa shape index (κ3) is 4.02. The van der Waals surface area contributed by atoms with Crippen LogP contribution in [0.4, 0.5) is 11.4 Å². The molecule has 1 saturated heterocycles. The summed E-state index contributed by atoms with van der Waals surface area (Å²) in [5.41, 5.74) is 2.05. The summed E-state index contributed by atoms with van der Waals surface area (Å²) in [7, 11) is 0. The van der Waals surface area contributed by atoms with Gasteiger partial charge in [0.05, 0.1) is 22.1 Å². The number of rotatable bonds is 5. The first-order valence-electron chi connectivity index (χ1n) is 8.85. The normalized spacial score (nSPS) is 15.2. The van der Waals surface area contributed by atoms with Crippen molar-refractivity contribution >= 4 is 63.3 Å². The maximum Gasteiger partial charge on any atom is 0.274 e. The van der Waals surface area contributed by atoms with Crippen LogP contribution in [0, 0.1) is 10.1 Å². The minimum absolute atomic E-state index is 0.0613. The van der Waals surface area contributed by atoms with Gasteiger partial charge in [0.1, 0.15) is 0 Å². The molecule has 2 heterocycles. The van der Waals surface area contributed by atoms with Gasteiger partial charge in [0, 0.05) is 28.5 Å². The number of thiocarbonyl (C=S) groups is 1. The average molecular weight is 456 g/mol. The zero-order chi connectivity index (χ0) is 21.3. The maximum atomic E-state index is 13.0. The molecular weight excluding hydrogens is 442 g/mol. The molecule has 1 aliphatic rings. The molecule has 150 valence electrons. The van der Waals surface area contributed by atoms with Gasteiger partial charge in [-0.1, -0.05) is 53.8 Å². The lowest BCUT2D eigenvalue weighted by Crippen LogP contribution is -2.27. The fourth-order valence-corrected chi connectivity index (χ4v) is 4.53. The van der Waals surface area contributed by atoms with Crippen LogP contribution in [0.25, 0.3) is 6.08 Å². The summed E-state index contributed by atoms with van der Waals surface area (Å²) in [6, 6.07) is 17.2. The molecule has 2 aromatic carbocycles. The van der Waals surface area contributed by atoms with Gasteiger partial charge >= 0.3 is 0 Å². The summed E-state index contributed by atoms with van der Waals surface area (Å²) in [4.78, 5) is 25.8. The van der Waals surface area contributed by atoms with Gasteiger partial charge in [-0.2, -0.15) is 0 Å². The molecule has 0 aliphatic carbocycles. The van der Waals surface area contributed by atoms with E-state index in [1.165, 1.54) is 22.7 Å². The lowest BCUT2D eigenvalue weighted by atomic mass is 10.2. The third-order valence-electron chi connectivity index (χ3n) is 4.55. The van der Waals surface area contributed by atoms with Crippen molar-refractivity contribution in [2.45, 2.75) is 6.54 Å². The van der Waals surface area contributed by atoms with Crippen LogP contribution in [0.2, 0.25) is 5.02 Å². The fourth-order valence-electron chi connectivity index (χ4n) is 3.12. The summed E-state index contributed by atoms with van der Waals surface area (Å²) in [5.74, 6) is -0.217. The Hall–Kier alpha value is -2.94. The number of hydrogen-bond donors (Lipinski definition) is 0. The number of nitrogens with zero attached hydrogens (tertiary/aromatic N) is 3. The standard InChI is InChI=1S/C21H14ClN3O3S2/c22-15-7-9-16(10-8-15)24-20(26)19(30-21(24)29)12-17-5-3-11-23(17)13-14-4-1-2-6-18(14)25(27)28/h1-12H,13H2. The molecule has 4 rings (SSSR count). The molecule has 0 spiro atoms. The van der Waals surface area contributed by atoms with Gasteiger partial charge in [0.15, 0.2) is 4.32 Å². The Balaban J connectivity index is 1.62. The third-order valence-corrected chi connectivity index (χ3v) is 6.11. The van der Waals surface area contributed by atoms with Gasteiger partial charge in [-0.3, -0.25) is 19.8 Å². The van der Waals surface area contributed by atoms with E-state index in [-0.39, 0.29) is 11.6 Å². The molecule has 0 bridgehead atoms. The summed E-state index contributed by atoms with van der Waals surface area (Å²) >= 11 is 12.5. The van der Waals surface area contributed by atoms with E-state index in [4.69, 9.17) is 23.8 Å². The van der Waals surface area contributed by atoms with Crippen molar-refractivity contribution in [3.8, 4) is 0 Å². The summed E-state index contributed by atoms with van der Waals surface area (Å²) in [6.07, 6.45) is 3.58. The van der Waals surface area contributed by atoms with E-state index >= 15 is 0 Å². The minimum atomic E-state index is -0.393. The van der Waals surface area contributed by atoms with Crippen molar-refractivity contribution in [2.24, 2.45) is 0 Å². The fraction of sp³-hybridized carbons (Fsp3) is 0.0476. The highest BCUT2D eigenvalue weighted by Gasteiger charge is 2.33. The Morgan fingerprint density at radius 1 is 1.10 bits per heavy atom. The molecule has 0 N–H and O–H groups in total. The van der Waals surface area contributed by atoms with E-state index in [1.54, 1.807) is 48.5 Å². The van der Waals surface area contributed by atoms with Gasteiger partial charge in [-0.25, -0.2) is 0 Å². The zero-order valence-electron chi connectivity index (χ0n) is 15.4. The van der Waals surface area contributed by atoms with Crippen LogP contribution in [0.3, 0.4) is 0 Å². The zero-order valence-corrected chi connectivity index (χ0v) is 17.8.